The molecule has 3 unspecified atom stereocenters. The van der Waals surface area contributed by atoms with E-state index in [1.165, 1.54) is 31.4 Å². The van der Waals surface area contributed by atoms with Crippen LogP contribution in [-0.2, 0) is 6.54 Å². The van der Waals surface area contributed by atoms with Gasteiger partial charge in [-0.15, -0.1) is 0 Å². The van der Waals surface area contributed by atoms with Gasteiger partial charge in [0.25, 0.3) is 0 Å². The molecule has 0 amide bonds. The normalized spacial score (nSPS) is 32.9. The van der Waals surface area contributed by atoms with Gasteiger partial charge < -0.3 is 5.73 Å². The molecule has 1 aliphatic heterocycles. The van der Waals surface area contributed by atoms with E-state index in [-0.39, 0.29) is 0 Å². The monoisotopic (exact) mass is 230 g/mol. The highest BCUT2D eigenvalue weighted by molar-refractivity contribution is 5.15. The summed E-state index contributed by atoms with van der Waals surface area (Å²) in [5.41, 5.74) is 7.22. The largest absolute Gasteiger partial charge is 0.330 e. The van der Waals surface area contributed by atoms with Gasteiger partial charge in [0.2, 0.25) is 0 Å². The predicted octanol–water partition coefficient (Wildman–Crippen LogP) is 2.25. The summed E-state index contributed by atoms with van der Waals surface area (Å²) in [4.78, 5) is 2.68. The quantitative estimate of drug-likeness (QED) is 0.859. The van der Waals surface area contributed by atoms with Gasteiger partial charge in [0.1, 0.15) is 0 Å². The van der Waals surface area contributed by atoms with Crippen molar-refractivity contribution in [3.05, 3.63) is 35.9 Å². The number of nitrogens with zero attached hydrogens (tertiary/aromatic N) is 1. The zero-order valence-corrected chi connectivity index (χ0v) is 10.4. The van der Waals surface area contributed by atoms with Crippen LogP contribution in [0, 0.1) is 11.8 Å². The first-order valence-corrected chi connectivity index (χ1v) is 6.86. The predicted molar refractivity (Wildman–Crippen MR) is 70.5 cm³/mol. The van der Waals surface area contributed by atoms with Crippen molar-refractivity contribution < 1.29 is 0 Å². The molecule has 2 N–H and O–H groups in total. The van der Waals surface area contributed by atoms with E-state index in [0.717, 1.165) is 31.0 Å². The maximum atomic E-state index is 5.77. The minimum absolute atomic E-state index is 0.809. The van der Waals surface area contributed by atoms with Crippen LogP contribution < -0.4 is 5.73 Å². The lowest BCUT2D eigenvalue weighted by Gasteiger charge is -2.24. The molecule has 3 rings (SSSR count). The van der Waals surface area contributed by atoms with Crippen molar-refractivity contribution in [2.24, 2.45) is 17.6 Å². The Hall–Kier alpha value is -0.860. The van der Waals surface area contributed by atoms with Gasteiger partial charge in [0.05, 0.1) is 0 Å². The third-order valence-electron chi connectivity index (χ3n) is 4.42. The Bertz CT molecular complexity index is 362. The first-order valence-electron chi connectivity index (χ1n) is 6.86. The molecule has 3 atom stereocenters. The topological polar surface area (TPSA) is 29.3 Å². The highest BCUT2D eigenvalue weighted by Gasteiger charge is 2.45. The Kier molecular flexibility index (Phi) is 3.17. The average Bonchev–Trinajstić information content (AvgIpc) is 3.02. The van der Waals surface area contributed by atoms with Crippen LogP contribution in [0.5, 0.6) is 0 Å². The minimum Gasteiger partial charge on any atom is -0.330 e. The van der Waals surface area contributed by atoms with Crippen LogP contribution in [0.2, 0.25) is 0 Å². The first kappa shape index (κ1) is 11.2. The number of likely N-dealkylation sites (tertiary alicyclic amines) is 1. The fourth-order valence-electron chi connectivity index (χ4n) is 3.36. The maximum absolute atomic E-state index is 5.77. The van der Waals surface area contributed by atoms with Crippen LogP contribution in [0.15, 0.2) is 30.3 Å². The lowest BCUT2D eigenvalue weighted by molar-refractivity contribution is 0.217. The molecule has 0 bridgehead atoms. The van der Waals surface area contributed by atoms with E-state index in [9.17, 15) is 0 Å². The minimum atomic E-state index is 0.809. The molecule has 2 nitrogen and oxygen atoms in total. The second-order valence-electron chi connectivity index (χ2n) is 5.56. The van der Waals surface area contributed by atoms with E-state index in [1.807, 2.05) is 0 Å². The molecule has 2 heteroatoms. The molecule has 1 saturated heterocycles. The van der Waals surface area contributed by atoms with Crippen LogP contribution in [0.1, 0.15) is 24.8 Å². The van der Waals surface area contributed by atoms with E-state index in [4.69, 9.17) is 5.73 Å². The zero-order valence-electron chi connectivity index (χ0n) is 10.4. The van der Waals surface area contributed by atoms with Crippen molar-refractivity contribution in [2.45, 2.75) is 31.8 Å². The van der Waals surface area contributed by atoms with E-state index in [1.54, 1.807) is 0 Å². The first-order chi connectivity index (χ1) is 8.38. The Balaban J connectivity index is 1.63. The molecule has 1 aromatic carbocycles. The van der Waals surface area contributed by atoms with Crippen molar-refractivity contribution >= 4 is 0 Å². The molecule has 0 radical (unpaired) electrons. The van der Waals surface area contributed by atoms with Crippen LogP contribution in [0.4, 0.5) is 0 Å². The average molecular weight is 230 g/mol. The number of nitrogens with two attached hydrogens (primary N) is 1. The SMILES string of the molecule is NCC1CC1C1CCCN1Cc1ccccc1. The molecule has 0 spiro atoms. The molecule has 0 aromatic heterocycles. The fraction of sp³-hybridized carbons (Fsp3) is 0.600. The second-order valence-corrected chi connectivity index (χ2v) is 5.56. The molecule has 1 heterocycles. The summed E-state index contributed by atoms with van der Waals surface area (Å²) in [5, 5.41) is 0. The van der Waals surface area contributed by atoms with Gasteiger partial charge >= 0.3 is 0 Å². The number of benzene rings is 1. The Morgan fingerprint density at radius 1 is 1.24 bits per heavy atom. The molecule has 17 heavy (non-hydrogen) atoms. The summed E-state index contributed by atoms with van der Waals surface area (Å²) >= 11 is 0. The zero-order chi connectivity index (χ0) is 11.7. The van der Waals surface area contributed by atoms with E-state index in [2.05, 4.69) is 35.2 Å². The van der Waals surface area contributed by atoms with E-state index < -0.39 is 0 Å². The maximum Gasteiger partial charge on any atom is 0.0236 e. The van der Waals surface area contributed by atoms with Gasteiger partial charge in [-0.25, -0.2) is 0 Å². The molecule has 2 fully saturated rings. The van der Waals surface area contributed by atoms with Gasteiger partial charge in [-0.1, -0.05) is 30.3 Å². The summed E-state index contributed by atoms with van der Waals surface area (Å²) < 4.78 is 0. The summed E-state index contributed by atoms with van der Waals surface area (Å²) in [7, 11) is 0. The van der Waals surface area contributed by atoms with E-state index >= 15 is 0 Å². The highest BCUT2D eigenvalue weighted by atomic mass is 15.2. The summed E-state index contributed by atoms with van der Waals surface area (Å²) in [6.45, 7) is 3.28. The summed E-state index contributed by atoms with van der Waals surface area (Å²) in [6.07, 6.45) is 4.12. The number of hydrogen-bond acceptors (Lipinski definition) is 2. The molecule has 1 aliphatic carbocycles. The van der Waals surface area contributed by atoms with Gasteiger partial charge in [-0.3, -0.25) is 4.90 Å². The summed E-state index contributed by atoms with van der Waals surface area (Å²) in [5.74, 6) is 1.71. The molecule has 2 aliphatic rings. The van der Waals surface area contributed by atoms with Crippen molar-refractivity contribution in [1.29, 1.82) is 0 Å². The Morgan fingerprint density at radius 2 is 2.06 bits per heavy atom. The van der Waals surface area contributed by atoms with Crippen LogP contribution in [0.25, 0.3) is 0 Å². The van der Waals surface area contributed by atoms with Gasteiger partial charge in [0.15, 0.2) is 0 Å². The van der Waals surface area contributed by atoms with Crippen molar-refractivity contribution in [3.63, 3.8) is 0 Å². The van der Waals surface area contributed by atoms with Crippen molar-refractivity contribution in [3.8, 4) is 0 Å². The van der Waals surface area contributed by atoms with Crippen LogP contribution >= 0.6 is 0 Å². The molecular weight excluding hydrogens is 208 g/mol. The highest BCUT2D eigenvalue weighted by Crippen LogP contribution is 2.45. The third-order valence-corrected chi connectivity index (χ3v) is 4.42. The number of rotatable bonds is 4. The van der Waals surface area contributed by atoms with Gasteiger partial charge in [0, 0.05) is 12.6 Å². The lowest BCUT2D eigenvalue weighted by Crippen LogP contribution is -2.31. The Morgan fingerprint density at radius 3 is 2.76 bits per heavy atom. The second kappa shape index (κ2) is 4.79. The van der Waals surface area contributed by atoms with Crippen LogP contribution in [0.3, 0.4) is 0 Å². The van der Waals surface area contributed by atoms with Gasteiger partial charge in [-0.2, -0.15) is 0 Å². The molecule has 1 aromatic rings. The van der Waals surface area contributed by atoms with E-state index in [0.29, 0.717) is 0 Å². The standard InChI is InChI=1S/C15H22N2/c16-10-13-9-14(13)15-7-4-8-17(15)11-12-5-2-1-3-6-12/h1-3,5-6,13-15H,4,7-11,16H2. The molecule has 1 saturated carbocycles. The van der Waals surface area contributed by atoms with Crippen LogP contribution in [-0.4, -0.2) is 24.0 Å². The van der Waals surface area contributed by atoms with Gasteiger partial charge in [-0.05, 0) is 49.8 Å². The smallest absolute Gasteiger partial charge is 0.0236 e. The number of hydrogen-bond donors (Lipinski definition) is 1. The Labute approximate surface area is 104 Å². The summed E-state index contributed by atoms with van der Waals surface area (Å²) in [6, 6.07) is 11.7. The molecular formula is C15H22N2. The van der Waals surface area contributed by atoms with Crippen molar-refractivity contribution in [2.75, 3.05) is 13.1 Å². The molecule has 92 valence electrons. The third kappa shape index (κ3) is 2.38. The van der Waals surface area contributed by atoms with Crippen molar-refractivity contribution in [1.82, 2.24) is 4.90 Å². The fourth-order valence-corrected chi connectivity index (χ4v) is 3.36. The lowest BCUT2D eigenvalue weighted by atomic mass is 10.1.